The van der Waals surface area contributed by atoms with Crippen LogP contribution in [0.15, 0.2) is 24.4 Å². The van der Waals surface area contributed by atoms with E-state index in [9.17, 15) is 0 Å². The molecule has 1 aliphatic rings. The van der Waals surface area contributed by atoms with Crippen LogP contribution in [0.1, 0.15) is 23.4 Å². The molecular formula is C15H12Cl2N2S. The highest BCUT2D eigenvalue weighted by Crippen LogP contribution is 2.36. The molecule has 2 nitrogen and oxygen atoms in total. The number of halogens is 2. The third-order valence-corrected chi connectivity index (χ3v) is 5.77. The molecule has 1 aromatic carbocycles. The molecule has 2 aromatic heterocycles. The van der Waals surface area contributed by atoms with Crippen molar-refractivity contribution in [1.82, 2.24) is 9.38 Å². The molecule has 3 aromatic rings. The van der Waals surface area contributed by atoms with Gasteiger partial charge in [-0.1, -0.05) is 35.3 Å². The van der Waals surface area contributed by atoms with Crippen LogP contribution >= 0.6 is 34.5 Å². The van der Waals surface area contributed by atoms with Gasteiger partial charge in [0.15, 0.2) is 4.96 Å². The lowest BCUT2D eigenvalue weighted by molar-refractivity contribution is 0.674. The quantitative estimate of drug-likeness (QED) is 0.598. The highest BCUT2D eigenvalue weighted by molar-refractivity contribution is 7.17. The summed E-state index contributed by atoms with van der Waals surface area (Å²) in [7, 11) is 0. The zero-order valence-corrected chi connectivity index (χ0v) is 13.0. The van der Waals surface area contributed by atoms with Crippen molar-refractivity contribution in [1.29, 1.82) is 0 Å². The van der Waals surface area contributed by atoms with E-state index in [-0.39, 0.29) is 0 Å². The summed E-state index contributed by atoms with van der Waals surface area (Å²) in [6.45, 7) is 0. The molecule has 0 unspecified atom stereocenters. The Morgan fingerprint density at radius 3 is 2.90 bits per heavy atom. The first kappa shape index (κ1) is 12.7. The van der Waals surface area contributed by atoms with Crippen molar-refractivity contribution in [3.8, 4) is 11.3 Å². The third-order valence-electron chi connectivity index (χ3n) is 3.80. The van der Waals surface area contributed by atoms with E-state index in [4.69, 9.17) is 28.2 Å². The van der Waals surface area contributed by atoms with Crippen molar-refractivity contribution < 1.29 is 0 Å². The van der Waals surface area contributed by atoms with Gasteiger partial charge in [-0.05, 0) is 31.7 Å². The van der Waals surface area contributed by atoms with E-state index in [2.05, 4.69) is 10.6 Å². The minimum Gasteiger partial charge on any atom is -0.294 e. The molecule has 0 saturated heterocycles. The number of hydrogen-bond donors (Lipinski definition) is 0. The second-order valence-electron chi connectivity index (χ2n) is 5.06. The van der Waals surface area contributed by atoms with Gasteiger partial charge in [0.1, 0.15) is 0 Å². The van der Waals surface area contributed by atoms with Crippen LogP contribution in [0.25, 0.3) is 16.2 Å². The number of aryl methyl sites for hydroxylation is 2. The number of fused-ring (bicyclic) bond motifs is 3. The van der Waals surface area contributed by atoms with Crippen LogP contribution < -0.4 is 0 Å². The number of thiazole rings is 1. The SMILES string of the molecule is Clc1cccc(-c2cn3c4c(sc3n2)CCCC4)c1Cl. The van der Waals surface area contributed by atoms with Crippen LogP contribution in [0.5, 0.6) is 0 Å². The Hall–Kier alpha value is -1.03. The maximum atomic E-state index is 6.29. The molecule has 0 spiro atoms. The molecule has 20 heavy (non-hydrogen) atoms. The number of imidazole rings is 1. The van der Waals surface area contributed by atoms with Gasteiger partial charge >= 0.3 is 0 Å². The van der Waals surface area contributed by atoms with Crippen molar-refractivity contribution in [3.05, 3.63) is 45.0 Å². The molecule has 0 radical (unpaired) electrons. The second kappa shape index (κ2) is 4.76. The van der Waals surface area contributed by atoms with E-state index in [1.54, 1.807) is 17.4 Å². The zero-order valence-electron chi connectivity index (χ0n) is 10.7. The summed E-state index contributed by atoms with van der Waals surface area (Å²) >= 11 is 14.2. The minimum absolute atomic E-state index is 0.572. The topological polar surface area (TPSA) is 17.3 Å². The lowest BCUT2D eigenvalue weighted by Crippen LogP contribution is -2.01. The number of benzene rings is 1. The predicted octanol–water partition coefficient (Wildman–Crippen LogP) is 5.25. The molecule has 0 aliphatic heterocycles. The van der Waals surface area contributed by atoms with Crippen LogP contribution in [0.2, 0.25) is 10.0 Å². The maximum Gasteiger partial charge on any atom is 0.194 e. The Balaban J connectivity index is 1.89. The van der Waals surface area contributed by atoms with Crippen molar-refractivity contribution in [2.24, 2.45) is 0 Å². The Morgan fingerprint density at radius 1 is 1.15 bits per heavy atom. The summed E-state index contributed by atoms with van der Waals surface area (Å²) in [4.78, 5) is 7.27. The highest BCUT2D eigenvalue weighted by Gasteiger charge is 2.19. The van der Waals surface area contributed by atoms with Crippen LogP contribution in [-0.2, 0) is 12.8 Å². The summed E-state index contributed by atoms with van der Waals surface area (Å²) in [6.07, 6.45) is 6.99. The second-order valence-corrected chi connectivity index (χ2v) is 6.91. The molecular weight excluding hydrogens is 311 g/mol. The first-order valence-corrected chi connectivity index (χ1v) is 8.25. The molecule has 5 heteroatoms. The summed E-state index contributed by atoms with van der Waals surface area (Å²) in [5.41, 5.74) is 3.23. The number of nitrogens with zero attached hydrogens (tertiary/aromatic N) is 2. The van der Waals surface area contributed by atoms with Crippen molar-refractivity contribution in [3.63, 3.8) is 0 Å². The van der Waals surface area contributed by atoms with E-state index in [0.717, 1.165) is 22.6 Å². The van der Waals surface area contributed by atoms with Gasteiger partial charge in [-0.2, -0.15) is 0 Å². The average molecular weight is 323 g/mol. The van der Waals surface area contributed by atoms with Gasteiger partial charge < -0.3 is 0 Å². The van der Waals surface area contributed by atoms with Crippen molar-refractivity contribution in [2.45, 2.75) is 25.7 Å². The van der Waals surface area contributed by atoms with E-state index in [0.29, 0.717) is 10.0 Å². The van der Waals surface area contributed by atoms with E-state index >= 15 is 0 Å². The Morgan fingerprint density at radius 2 is 2.00 bits per heavy atom. The molecule has 0 amide bonds. The van der Waals surface area contributed by atoms with Gasteiger partial charge in [0, 0.05) is 22.3 Å². The van der Waals surface area contributed by atoms with E-state index in [1.807, 2.05) is 12.1 Å². The largest absolute Gasteiger partial charge is 0.294 e. The van der Waals surface area contributed by atoms with Gasteiger partial charge in [-0.25, -0.2) is 4.98 Å². The van der Waals surface area contributed by atoms with Crippen LogP contribution in [0.4, 0.5) is 0 Å². The predicted molar refractivity (Wildman–Crippen MR) is 85.2 cm³/mol. The lowest BCUT2D eigenvalue weighted by Gasteiger charge is -2.09. The minimum atomic E-state index is 0.572. The third kappa shape index (κ3) is 1.88. The van der Waals surface area contributed by atoms with Gasteiger partial charge in [-0.3, -0.25) is 4.40 Å². The molecule has 0 bridgehead atoms. The average Bonchev–Trinajstić information content (AvgIpc) is 2.99. The first-order chi connectivity index (χ1) is 9.74. The normalized spacial score (nSPS) is 14.7. The molecule has 1 aliphatic carbocycles. The van der Waals surface area contributed by atoms with E-state index < -0.39 is 0 Å². The zero-order chi connectivity index (χ0) is 13.7. The lowest BCUT2D eigenvalue weighted by atomic mass is 10.0. The van der Waals surface area contributed by atoms with Gasteiger partial charge in [0.2, 0.25) is 0 Å². The smallest absolute Gasteiger partial charge is 0.194 e. The fourth-order valence-corrected chi connectivity index (χ4v) is 4.38. The molecule has 4 rings (SSSR count). The molecule has 0 atom stereocenters. The van der Waals surface area contributed by atoms with Crippen LogP contribution in [-0.4, -0.2) is 9.38 Å². The van der Waals surface area contributed by atoms with Gasteiger partial charge in [0.25, 0.3) is 0 Å². The summed E-state index contributed by atoms with van der Waals surface area (Å²) in [6, 6.07) is 5.67. The summed E-state index contributed by atoms with van der Waals surface area (Å²) < 4.78 is 2.23. The number of hydrogen-bond acceptors (Lipinski definition) is 2. The molecule has 0 saturated carbocycles. The standard InChI is InChI=1S/C15H12Cl2N2S/c16-10-5-3-4-9(14(10)17)11-8-19-12-6-1-2-7-13(12)20-15(19)18-11/h3-5,8H,1-2,6-7H2. The van der Waals surface area contributed by atoms with Crippen LogP contribution in [0, 0.1) is 0 Å². The monoisotopic (exact) mass is 322 g/mol. The molecule has 0 fully saturated rings. The van der Waals surface area contributed by atoms with Crippen molar-refractivity contribution >= 4 is 39.5 Å². The van der Waals surface area contributed by atoms with Crippen LogP contribution in [0.3, 0.4) is 0 Å². The summed E-state index contributed by atoms with van der Waals surface area (Å²) in [5.74, 6) is 0. The summed E-state index contributed by atoms with van der Waals surface area (Å²) in [5, 5.41) is 1.15. The first-order valence-electron chi connectivity index (χ1n) is 6.68. The highest BCUT2D eigenvalue weighted by atomic mass is 35.5. The Labute approximate surface area is 131 Å². The molecule has 2 heterocycles. The van der Waals surface area contributed by atoms with Gasteiger partial charge in [-0.15, -0.1) is 11.3 Å². The van der Waals surface area contributed by atoms with Gasteiger partial charge in [0.05, 0.1) is 15.7 Å². The number of aromatic nitrogens is 2. The maximum absolute atomic E-state index is 6.29. The van der Waals surface area contributed by atoms with Crippen molar-refractivity contribution in [2.75, 3.05) is 0 Å². The number of rotatable bonds is 1. The molecule has 0 N–H and O–H groups in total. The van der Waals surface area contributed by atoms with E-state index in [1.165, 1.54) is 29.8 Å². The molecule has 102 valence electrons. The fourth-order valence-electron chi connectivity index (χ4n) is 2.80. The Bertz CT molecular complexity index is 804. The Kier molecular flexibility index (Phi) is 3.02. The fraction of sp³-hybridized carbons (Fsp3) is 0.267.